The molecule has 12 heteroatoms. The molecular weight excluding hydrogens is 543 g/mol. The molecule has 0 saturated carbocycles. The summed E-state index contributed by atoms with van der Waals surface area (Å²) in [6.07, 6.45) is 2.11. The Kier molecular flexibility index (Phi) is 7.42. The first-order valence-corrected chi connectivity index (χ1v) is 14.6. The summed E-state index contributed by atoms with van der Waals surface area (Å²) in [5.74, 6) is 0.799. The van der Waals surface area contributed by atoms with Crippen molar-refractivity contribution in [3.05, 3.63) is 58.5 Å². The number of β-amino-alcohol motifs (C(OH)–C–C–N with tert-alkyl or cyclic N) is 1. The Hall–Kier alpha value is -3.92. The van der Waals surface area contributed by atoms with E-state index in [9.17, 15) is 19.6 Å². The van der Waals surface area contributed by atoms with Crippen molar-refractivity contribution < 1.29 is 14.3 Å². The lowest BCUT2D eigenvalue weighted by Crippen LogP contribution is -2.56. The van der Waals surface area contributed by atoms with Gasteiger partial charge in [0.15, 0.2) is 16.6 Å². The molecule has 10 nitrogen and oxygen atoms in total. The molecule has 6 rings (SSSR count). The Morgan fingerprint density at radius 3 is 2.56 bits per heavy atom. The van der Waals surface area contributed by atoms with Crippen LogP contribution in [-0.4, -0.2) is 86.3 Å². The number of aliphatic hydroxyl groups excluding tert-OH is 1. The first kappa shape index (κ1) is 27.3. The molecule has 4 aromatic rings. The minimum Gasteiger partial charge on any atom is -0.389 e. The van der Waals surface area contributed by atoms with Gasteiger partial charge >= 0.3 is 0 Å². The number of piperidine rings is 1. The molecule has 3 aromatic heterocycles. The molecule has 0 radical (unpaired) electrons. The van der Waals surface area contributed by atoms with E-state index in [1.54, 1.807) is 17.0 Å². The number of carbonyl (C=O) groups excluding carboxylic acids is 1. The Bertz CT molecular complexity index is 1610. The highest BCUT2D eigenvalue weighted by molar-refractivity contribution is 7.16. The monoisotopic (exact) mass is 574 g/mol. The second-order valence-electron chi connectivity index (χ2n) is 10.6. The lowest BCUT2D eigenvalue weighted by molar-refractivity contribution is -0.142. The van der Waals surface area contributed by atoms with Crippen LogP contribution in [0, 0.1) is 17.1 Å². The summed E-state index contributed by atoms with van der Waals surface area (Å²) in [7, 11) is 1.90. The average Bonchev–Trinajstić information content (AvgIpc) is 3.57. The summed E-state index contributed by atoms with van der Waals surface area (Å²) < 4.78 is 15.4. The molecule has 0 bridgehead atoms. The van der Waals surface area contributed by atoms with Gasteiger partial charge < -0.3 is 14.9 Å². The van der Waals surface area contributed by atoms with Gasteiger partial charge in [0.25, 0.3) is 0 Å². The Morgan fingerprint density at radius 1 is 1.17 bits per heavy atom. The fraction of sp³-hybridized carbons (Fsp3) is 0.414. The van der Waals surface area contributed by atoms with Crippen LogP contribution in [0.25, 0.3) is 16.9 Å². The van der Waals surface area contributed by atoms with E-state index in [1.165, 1.54) is 23.5 Å². The number of aromatic nitrogens is 4. The largest absolute Gasteiger partial charge is 0.389 e. The van der Waals surface area contributed by atoms with E-state index in [-0.39, 0.29) is 23.7 Å². The van der Waals surface area contributed by atoms with E-state index in [4.69, 9.17) is 15.1 Å². The summed E-state index contributed by atoms with van der Waals surface area (Å²) in [4.78, 5) is 28.3. The van der Waals surface area contributed by atoms with Crippen molar-refractivity contribution in [2.24, 2.45) is 0 Å². The number of hydrogen-bond acceptors (Lipinski definition) is 9. The fourth-order valence-corrected chi connectivity index (χ4v) is 6.38. The number of amides is 1. The third-order valence-corrected chi connectivity index (χ3v) is 8.93. The number of rotatable bonds is 7. The van der Waals surface area contributed by atoms with Gasteiger partial charge in [-0.15, -0.1) is 0 Å². The van der Waals surface area contributed by atoms with E-state index in [0.29, 0.717) is 47.3 Å². The molecule has 41 heavy (non-hydrogen) atoms. The maximum atomic E-state index is 13.5. The molecule has 0 aliphatic carbocycles. The van der Waals surface area contributed by atoms with E-state index < -0.39 is 0 Å². The van der Waals surface area contributed by atoms with Crippen molar-refractivity contribution in [3.8, 4) is 17.3 Å². The molecule has 2 fully saturated rings. The van der Waals surface area contributed by atoms with Gasteiger partial charge in [0, 0.05) is 31.6 Å². The van der Waals surface area contributed by atoms with Crippen LogP contribution in [0.2, 0.25) is 0 Å². The molecule has 2 aliphatic rings. The summed E-state index contributed by atoms with van der Waals surface area (Å²) in [5, 5.41) is 24.9. The number of hydrogen-bond donors (Lipinski definition) is 1. The van der Waals surface area contributed by atoms with Crippen LogP contribution in [0.15, 0.2) is 36.4 Å². The highest BCUT2D eigenvalue weighted by Crippen LogP contribution is 2.37. The summed E-state index contributed by atoms with van der Waals surface area (Å²) in [5.41, 5.74) is 3.80. The highest BCUT2D eigenvalue weighted by Gasteiger charge is 2.31. The van der Waals surface area contributed by atoms with Crippen LogP contribution >= 0.6 is 11.3 Å². The number of likely N-dealkylation sites (tertiary alicyclic amines) is 2. The van der Waals surface area contributed by atoms with Gasteiger partial charge in [-0.1, -0.05) is 18.3 Å². The van der Waals surface area contributed by atoms with Gasteiger partial charge in [0.1, 0.15) is 22.5 Å². The molecular formula is C29H31FN8O2S. The number of aryl methyl sites for hydroxylation is 1. The predicted octanol–water partition coefficient (Wildman–Crippen LogP) is 3.58. The molecule has 2 saturated heterocycles. The normalized spacial score (nSPS) is 16.6. The van der Waals surface area contributed by atoms with Crippen LogP contribution in [0.5, 0.6) is 0 Å². The number of halogens is 1. The molecule has 1 N–H and O–H groups in total. The SMILES string of the molecule is CCc1nc2ccc(C3CCN(CC(=O)N4CC(O)C4)CC3)nn2c1N(C)c1nc(-c2ccc(F)cc2)c(C#N)s1. The van der Waals surface area contributed by atoms with E-state index in [0.717, 1.165) is 48.8 Å². The number of imidazole rings is 1. The number of benzene rings is 1. The summed E-state index contributed by atoms with van der Waals surface area (Å²) >= 11 is 1.28. The summed E-state index contributed by atoms with van der Waals surface area (Å²) in [6.45, 7) is 4.93. The average molecular weight is 575 g/mol. The molecule has 212 valence electrons. The summed E-state index contributed by atoms with van der Waals surface area (Å²) in [6, 6.07) is 12.3. The number of nitriles is 1. The quantitative estimate of drug-likeness (QED) is 0.356. The van der Waals surface area contributed by atoms with Crippen LogP contribution in [0.3, 0.4) is 0 Å². The number of anilines is 2. The maximum Gasteiger partial charge on any atom is 0.236 e. The molecule has 5 heterocycles. The topological polar surface area (TPSA) is 114 Å². The van der Waals surface area contributed by atoms with Crippen molar-refractivity contribution in [2.45, 2.75) is 38.2 Å². The van der Waals surface area contributed by atoms with Crippen molar-refractivity contribution >= 4 is 33.8 Å². The Morgan fingerprint density at radius 2 is 1.90 bits per heavy atom. The highest BCUT2D eigenvalue weighted by atomic mass is 32.1. The second kappa shape index (κ2) is 11.2. The zero-order valence-corrected chi connectivity index (χ0v) is 23.8. The van der Waals surface area contributed by atoms with Crippen molar-refractivity contribution in [3.63, 3.8) is 0 Å². The molecule has 1 amide bonds. The number of fused-ring (bicyclic) bond motifs is 1. The Balaban J connectivity index is 1.24. The van der Waals surface area contributed by atoms with E-state index in [2.05, 4.69) is 11.0 Å². The van der Waals surface area contributed by atoms with Gasteiger partial charge in [-0.05, 0) is 68.8 Å². The van der Waals surface area contributed by atoms with Gasteiger partial charge in [-0.2, -0.15) is 14.9 Å². The molecule has 0 unspecified atom stereocenters. The van der Waals surface area contributed by atoms with Crippen LogP contribution in [0.4, 0.5) is 15.3 Å². The number of thiazole rings is 1. The lowest BCUT2D eigenvalue weighted by Gasteiger charge is -2.38. The van der Waals surface area contributed by atoms with E-state index >= 15 is 0 Å². The third kappa shape index (κ3) is 5.28. The number of carbonyl (C=O) groups is 1. The molecule has 0 spiro atoms. The maximum absolute atomic E-state index is 13.5. The zero-order chi connectivity index (χ0) is 28.7. The molecule has 0 atom stereocenters. The Labute approximate surface area is 241 Å². The fourth-order valence-electron chi connectivity index (χ4n) is 5.53. The number of aliphatic hydroxyl groups is 1. The van der Waals surface area contributed by atoms with Crippen molar-refractivity contribution in [1.82, 2.24) is 29.4 Å². The zero-order valence-electron chi connectivity index (χ0n) is 23.0. The number of nitrogens with zero attached hydrogens (tertiary/aromatic N) is 8. The minimum atomic E-state index is -0.383. The van der Waals surface area contributed by atoms with Gasteiger partial charge in [-0.25, -0.2) is 14.4 Å². The molecule has 2 aliphatic heterocycles. The van der Waals surface area contributed by atoms with Crippen molar-refractivity contribution in [1.29, 1.82) is 5.26 Å². The van der Waals surface area contributed by atoms with E-state index in [1.807, 2.05) is 35.5 Å². The van der Waals surface area contributed by atoms with Gasteiger partial charge in [-0.3, -0.25) is 9.69 Å². The van der Waals surface area contributed by atoms with Gasteiger partial charge in [0.2, 0.25) is 5.91 Å². The van der Waals surface area contributed by atoms with Crippen molar-refractivity contribution in [2.75, 3.05) is 44.7 Å². The smallest absolute Gasteiger partial charge is 0.236 e. The molecule has 1 aromatic carbocycles. The van der Waals surface area contributed by atoms with Gasteiger partial charge in [0.05, 0.1) is 24.0 Å². The third-order valence-electron chi connectivity index (χ3n) is 7.90. The van der Waals surface area contributed by atoms with Crippen LogP contribution < -0.4 is 4.90 Å². The first-order valence-electron chi connectivity index (χ1n) is 13.8. The second-order valence-corrected chi connectivity index (χ2v) is 11.6. The minimum absolute atomic E-state index is 0.0795. The lowest BCUT2D eigenvalue weighted by atomic mass is 9.93. The standard InChI is InChI=1S/C29H31FN8O2S/c1-3-22-28(35(2)29-33-27(24(14-31)41-29)19-4-6-20(30)7-5-19)38-25(32-22)9-8-23(34-38)18-10-12-36(13-11-18)17-26(40)37-15-21(39)16-37/h4-9,18,21,39H,3,10-13,15-17H2,1-2H3. The first-order chi connectivity index (χ1) is 19.8. The van der Waals surface area contributed by atoms with Crippen LogP contribution in [0.1, 0.15) is 41.9 Å². The predicted molar refractivity (Wildman–Crippen MR) is 154 cm³/mol. The van der Waals surface area contributed by atoms with Crippen LogP contribution in [-0.2, 0) is 11.2 Å².